The van der Waals surface area contributed by atoms with E-state index in [2.05, 4.69) is 26.0 Å². The number of aromatic nitrogens is 4. The van der Waals surface area contributed by atoms with E-state index in [1.165, 1.54) is 4.80 Å². The third-order valence-corrected chi connectivity index (χ3v) is 3.38. The first-order chi connectivity index (χ1) is 11.5. The number of rotatable bonds is 3. The number of halogens is 1. The predicted octanol–water partition coefficient (Wildman–Crippen LogP) is 2.25. The van der Waals surface area contributed by atoms with Crippen LogP contribution < -0.4 is 10.6 Å². The van der Waals surface area contributed by atoms with E-state index in [4.69, 9.17) is 28.2 Å². The molecule has 0 saturated heterocycles. The summed E-state index contributed by atoms with van der Waals surface area (Å²) in [6.07, 6.45) is 0. The quantitative estimate of drug-likeness (QED) is 0.689. The lowest BCUT2D eigenvalue weighted by molar-refractivity contribution is 0.0951. The molecular weight excluding hydrogens is 352 g/mol. The average Bonchev–Trinajstić information content (AvgIpc) is 3.17. The number of hydrogen-bond acceptors (Lipinski definition) is 6. The van der Waals surface area contributed by atoms with Crippen molar-refractivity contribution in [2.45, 2.75) is 0 Å². The Labute approximate surface area is 146 Å². The van der Waals surface area contributed by atoms with Crippen molar-refractivity contribution in [3.8, 4) is 11.3 Å². The monoisotopic (exact) mass is 362 g/mol. The summed E-state index contributed by atoms with van der Waals surface area (Å²) in [4.78, 5) is 13.4. The minimum atomic E-state index is -0.489. The van der Waals surface area contributed by atoms with Crippen LogP contribution in [0.1, 0.15) is 10.6 Å². The molecule has 0 radical (unpaired) electrons. The van der Waals surface area contributed by atoms with Crippen molar-refractivity contribution >= 4 is 40.8 Å². The first-order valence-corrected chi connectivity index (χ1v) is 7.52. The highest BCUT2D eigenvalue weighted by atomic mass is 35.5. The van der Waals surface area contributed by atoms with Crippen LogP contribution in [0.4, 0.5) is 5.95 Å². The van der Waals surface area contributed by atoms with Crippen molar-refractivity contribution < 1.29 is 9.21 Å². The summed E-state index contributed by atoms with van der Waals surface area (Å²) in [5.74, 6) is 0.364. The van der Waals surface area contributed by atoms with Crippen LogP contribution in [-0.4, -0.2) is 31.2 Å². The van der Waals surface area contributed by atoms with Gasteiger partial charge in [0.1, 0.15) is 5.76 Å². The van der Waals surface area contributed by atoms with E-state index in [1.54, 1.807) is 43.4 Å². The molecule has 8 nitrogen and oxygen atoms in total. The third-order valence-electron chi connectivity index (χ3n) is 2.92. The van der Waals surface area contributed by atoms with E-state index in [0.29, 0.717) is 10.8 Å². The highest BCUT2D eigenvalue weighted by Crippen LogP contribution is 2.23. The number of tetrazole rings is 1. The maximum atomic E-state index is 12.1. The van der Waals surface area contributed by atoms with Crippen LogP contribution in [0, 0.1) is 0 Å². The second-order valence-electron chi connectivity index (χ2n) is 4.68. The summed E-state index contributed by atoms with van der Waals surface area (Å²) in [5, 5.41) is 17.0. The van der Waals surface area contributed by atoms with E-state index in [9.17, 15) is 4.79 Å². The first-order valence-electron chi connectivity index (χ1n) is 6.73. The smallest absolute Gasteiger partial charge is 0.293 e. The number of carbonyl (C=O) groups is 1. The lowest BCUT2D eigenvalue weighted by Gasteiger charge is -2.04. The van der Waals surface area contributed by atoms with Gasteiger partial charge in [-0.3, -0.25) is 15.4 Å². The van der Waals surface area contributed by atoms with Crippen LogP contribution in [0.3, 0.4) is 0 Å². The van der Waals surface area contributed by atoms with Gasteiger partial charge in [-0.15, -0.1) is 5.10 Å². The van der Waals surface area contributed by atoms with Crippen molar-refractivity contribution in [1.82, 2.24) is 25.5 Å². The molecule has 0 unspecified atom stereocenters. The Bertz CT molecular complexity index is 889. The van der Waals surface area contributed by atoms with Crippen molar-refractivity contribution in [1.29, 1.82) is 0 Å². The number of carbonyl (C=O) groups excluding carboxylic acids is 1. The van der Waals surface area contributed by atoms with Gasteiger partial charge >= 0.3 is 0 Å². The van der Waals surface area contributed by atoms with Gasteiger partial charge in [0.05, 0.1) is 7.05 Å². The summed E-state index contributed by atoms with van der Waals surface area (Å²) in [6.45, 7) is 0. The number of nitrogens with one attached hydrogen (secondary N) is 2. The third kappa shape index (κ3) is 3.76. The number of thiocarbonyl (C=S) groups is 1. The van der Waals surface area contributed by atoms with Crippen LogP contribution in [0.2, 0.25) is 5.02 Å². The normalized spacial score (nSPS) is 10.4. The van der Waals surface area contributed by atoms with Gasteiger partial charge in [0.25, 0.3) is 11.9 Å². The molecule has 24 heavy (non-hydrogen) atoms. The Hall–Kier alpha value is -2.78. The van der Waals surface area contributed by atoms with Crippen molar-refractivity contribution in [2.24, 2.45) is 7.05 Å². The van der Waals surface area contributed by atoms with Gasteiger partial charge in [-0.05, 0) is 53.8 Å². The second kappa shape index (κ2) is 6.77. The molecule has 0 atom stereocenters. The summed E-state index contributed by atoms with van der Waals surface area (Å²) in [6, 6.07) is 10.3. The molecule has 0 spiro atoms. The summed E-state index contributed by atoms with van der Waals surface area (Å²) in [7, 11) is 1.61. The minimum absolute atomic E-state index is 0.0393. The van der Waals surface area contributed by atoms with Gasteiger partial charge in [0.15, 0.2) is 10.9 Å². The summed E-state index contributed by atoms with van der Waals surface area (Å²) < 4.78 is 5.54. The van der Waals surface area contributed by atoms with E-state index < -0.39 is 5.91 Å². The molecular formula is C14H11ClN6O2S. The average molecular weight is 363 g/mol. The number of furan rings is 1. The Morgan fingerprint density at radius 1 is 1.25 bits per heavy atom. The number of aryl methyl sites for hydroxylation is 1. The fourth-order valence-corrected chi connectivity index (χ4v) is 2.17. The number of hydrogen-bond donors (Lipinski definition) is 2. The van der Waals surface area contributed by atoms with Gasteiger partial charge in [0, 0.05) is 10.6 Å². The number of nitrogens with zero attached hydrogens (tertiary/aromatic N) is 4. The second-order valence-corrected chi connectivity index (χ2v) is 5.53. The number of anilines is 1. The molecule has 3 aromatic rings. The predicted molar refractivity (Wildman–Crippen MR) is 91.6 cm³/mol. The fraction of sp³-hybridized carbons (Fsp3) is 0.0714. The first kappa shape index (κ1) is 16.1. The molecule has 1 amide bonds. The van der Waals surface area contributed by atoms with Crippen molar-refractivity contribution in [3.63, 3.8) is 0 Å². The highest BCUT2D eigenvalue weighted by Gasteiger charge is 2.14. The van der Waals surface area contributed by atoms with E-state index >= 15 is 0 Å². The van der Waals surface area contributed by atoms with Crippen molar-refractivity contribution in [3.05, 3.63) is 47.2 Å². The molecule has 0 aliphatic carbocycles. The molecule has 122 valence electrons. The molecule has 10 heteroatoms. The molecule has 0 aliphatic heterocycles. The van der Waals surface area contributed by atoms with E-state index in [-0.39, 0.29) is 16.8 Å². The molecule has 3 rings (SSSR count). The maximum Gasteiger partial charge on any atom is 0.293 e. The molecule has 2 heterocycles. The standard InChI is InChI=1S/C14H11ClN6O2S/c1-21-19-13(18-20-21)17-14(24)16-12(22)11-7-6-10(23-11)8-2-4-9(15)5-3-8/h2-7H,1H3,(H2,16,17,19,22,24). The maximum absolute atomic E-state index is 12.1. The summed E-state index contributed by atoms with van der Waals surface area (Å²) in [5.41, 5.74) is 0.808. The lowest BCUT2D eigenvalue weighted by atomic mass is 10.2. The Balaban J connectivity index is 1.65. The van der Waals surface area contributed by atoms with Gasteiger partial charge in [-0.1, -0.05) is 16.7 Å². The Morgan fingerprint density at radius 2 is 2.00 bits per heavy atom. The zero-order valence-electron chi connectivity index (χ0n) is 12.4. The van der Waals surface area contributed by atoms with Crippen LogP contribution in [-0.2, 0) is 7.05 Å². The molecule has 0 aliphatic rings. The van der Waals surface area contributed by atoms with Crippen LogP contribution in [0.25, 0.3) is 11.3 Å². The van der Waals surface area contributed by atoms with Gasteiger partial charge in [0.2, 0.25) is 0 Å². The van der Waals surface area contributed by atoms with Crippen LogP contribution in [0.15, 0.2) is 40.8 Å². The van der Waals surface area contributed by atoms with Gasteiger partial charge < -0.3 is 4.42 Å². The molecule has 1 aromatic carbocycles. The summed E-state index contributed by atoms with van der Waals surface area (Å²) >= 11 is 10.9. The fourth-order valence-electron chi connectivity index (χ4n) is 1.86. The van der Waals surface area contributed by atoms with Crippen molar-refractivity contribution in [2.75, 3.05) is 5.32 Å². The van der Waals surface area contributed by atoms with Crippen LogP contribution >= 0.6 is 23.8 Å². The molecule has 2 N–H and O–H groups in total. The zero-order chi connectivity index (χ0) is 17.1. The Morgan fingerprint density at radius 3 is 2.67 bits per heavy atom. The molecule has 0 saturated carbocycles. The number of amides is 1. The molecule has 0 bridgehead atoms. The largest absolute Gasteiger partial charge is 0.451 e. The number of benzene rings is 1. The Kier molecular flexibility index (Phi) is 4.54. The van der Waals surface area contributed by atoms with E-state index in [0.717, 1.165) is 5.56 Å². The van der Waals surface area contributed by atoms with Gasteiger partial charge in [-0.25, -0.2) is 0 Å². The molecule has 2 aromatic heterocycles. The minimum Gasteiger partial charge on any atom is -0.451 e. The van der Waals surface area contributed by atoms with E-state index in [1.807, 2.05) is 0 Å². The topological polar surface area (TPSA) is 97.9 Å². The highest BCUT2D eigenvalue weighted by molar-refractivity contribution is 7.80. The molecule has 0 fully saturated rings. The lowest BCUT2D eigenvalue weighted by Crippen LogP contribution is -2.34. The van der Waals surface area contributed by atoms with Crippen LogP contribution in [0.5, 0.6) is 0 Å². The van der Waals surface area contributed by atoms with Gasteiger partial charge in [-0.2, -0.15) is 4.80 Å². The SMILES string of the molecule is Cn1nnc(NC(=S)NC(=O)c2ccc(-c3ccc(Cl)cc3)o2)n1. The zero-order valence-corrected chi connectivity index (χ0v) is 13.9.